The predicted molar refractivity (Wildman–Crippen MR) is 152 cm³/mol. The van der Waals surface area contributed by atoms with Crippen LogP contribution in [-0.2, 0) is 4.79 Å². The highest BCUT2D eigenvalue weighted by Crippen LogP contribution is 2.31. The first kappa shape index (κ1) is 28.9. The van der Waals surface area contributed by atoms with Crippen LogP contribution in [-0.4, -0.2) is 110 Å². The third-order valence-electron chi connectivity index (χ3n) is 7.21. The van der Waals surface area contributed by atoms with Crippen LogP contribution >= 0.6 is 0 Å². The summed E-state index contributed by atoms with van der Waals surface area (Å²) >= 11 is 0. The fourth-order valence-electron chi connectivity index (χ4n) is 4.70. The van der Waals surface area contributed by atoms with E-state index in [4.69, 9.17) is 13.9 Å². The van der Waals surface area contributed by atoms with Crippen molar-refractivity contribution in [3.05, 3.63) is 54.5 Å². The maximum Gasteiger partial charge on any atom is 0.290 e. The molecule has 11 nitrogen and oxygen atoms in total. The topological polar surface area (TPSA) is 104 Å². The van der Waals surface area contributed by atoms with Gasteiger partial charge in [-0.1, -0.05) is 13.8 Å². The second-order valence-electron chi connectivity index (χ2n) is 9.45. The van der Waals surface area contributed by atoms with Crippen molar-refractivity contribution in [2.24, 2.45) is 0 Å². The smallest absolute Gasteiger partial charge is 0.290 e. The van der Waals surface area contributed by atoms with Crippen LogP contribution in [0.15, 0.2) is 53.1 Å². The Labute approximate surface area is 235 Å². The molecule has 11 heteroatoms. The van der Waals surface area contributed by atoms with Crippen molar-refractivity contribution in [2.75, 3.05) is 78.0 Å². The summed E-state index contributed by atoms with van der Waals surface area (Å²) in [5.74, 6) is 1.94. The molecule has 0 N–H and O–H groups in total. The van der Waals surface area contributed by atoms with E-state index in [1.54, 1.807) is 31.3 Å². The Bertz CT molecular complexity index is 1240. The summed E-state index contributed by atoms with van der Waals surface area (Å²) in [6.45, 7) is 9.42. The number of aromatic nitrogens is 2. The summed E-state index contributed by atoms with van der Waals surface area (Å²) < 4.78 is 16.0. The molecular formula is C29H38N6O5. The van der Waals surface area contributed by atoms with E-state index in [0.717, 1.165) is 30.2 Å². The molecular weight excluding hydrogens is 512 g/mol. The molecule has 0 atom stereocenters. The van der Waals surface area contributed by atoms with E-state index in [0.29, 0.717) is 50.8 Å². The van der Waals surface area contributed by atoms with E-state index >= 15 is 0 Å². The minimum atomic E-state index is -0.269. The van der Waals surface area contributed by atoms with Gasteiger partial charge < -0.3 is 33.5 Å². The first-order valence-corrected chi connectivity index (χ1v) is 13.6. The standard InChI is InChI=1S/C29H38N6O5/c1-5-32(6-2)13-14-35(29(37)25-8-7-19-40-25)21-28(36)34-17-15-33(16-18-34)27-12-10-23(30-31-27)22-9-11-24(38-3)26(20-22)39-4/h7-12,19-20H,5-6,13-18,21H2,1-4H3. The number of carbonyl (C=O) groups excluding carboxylic acids is 2. The SMILES string of the molecule is CCN(CC)CCN(CC(=O)N1CCN(c2ccc(-c3ccc(OC)c(OC)c3)nn2)CC1)C(=O)c1ccco1. The lowest BCUT2D eigenvalue weighted by molar-refractivity contribution is -0.132. The van der Waals surface area contributed by atoms with Gasteiger partial charge in [-0.25, -0.2) is 0 Å². The maximum atomic E-state index is 13.2. The summed E-state index contributed by atoms with van der Waals surface area (Å²) in [5.41, 5.74) is 1.60. The molecule has 2 aromatic heterocycles. The van der Waals surface area contributed by atoms with Gasteiger partial charge in [-0.2, -0.15) is 0 Å². The summed E-state index contributed by atoms with van der Waals surface area (Å²) in [5, 5.41) is 8.85. The van der Waals surface area contributed by atoms with Crippen molar-refractivity contribution in [3.8, 4) is 22.8 Å². The number of rotatable bonds is 12. The fourth-order valence-corrected chi connectivity index (χ4v) is 4.70. The fraction of sp³-hybridized carbons (Fsp3) is 0.448. The second kappa shape index (κ2) is 13.8. The Hall–Kier alpha value is -4.12. The average molecular weight is 551 g/mol. The Balaban J connectivity index is 1.35. The monoisotopic (exact) mass is 550 g/mol. The zero-order chi connectivity index (χ0) is 28.5. The first-order valence-electron chi connectivity index (χ1n) is 13.6. The lowest BCUT2D eigenvalue weighted by atomic mass is 10.1. The van der Waals surface area contributed by atoms with E-state index in [1.807, 2.05) is 35.2 Å². The van der Waals surface area contributed by atoms with Crippen molar-refractivity contribution in [2.45, 2.75) is 13.8 Å². The Morgan fingerprint density at radius 1 is 0.925 bits per heavy atom. The van der Waals surface area contributed by atoms with Crippen molar-refractivity contribution in [1.29, 1.82) is 0 Å². The van der Waals surface area contributed by atoms with Gasteiger partial charge in [0.25, 0.3) is 5.91 Å². The van der Waals surface area contributed by atoms with E-state index < -0.39 is 0 Å². The number of furan rings is 1. The minimum absolute atomic E-state index is 0.0145. The highest BCUT2D eigenvalue weighted by Gasteiger charge is 2.27. The number of anilines is 1. The molecule has 1 fully saturated rings. The molecule has 3 aromatic rings. The molecule has 1 aliphatic heterocycles. The number of nitrogens with zero attached hydrogens (tertiary/aromatic N) is 6. The Kier molecular flexibility index (Phi) is 9.96. The van der Waals surface area contributed by atoms with E-state index in [1.165, 1.54) is 6.26 Å². The van der Waals surface area contributed by atoms with Crippen LogP contribution in [0.4, 0.5) is 5.82 Å². The molecule has 0 bridgehead atoms. The molecule has 1 aromatic carbocycles. The number of likely N-dealkylation sites (N-methyl/N-ethyl adjacent to an activating group) is 1. The number of carbonyl (C=O) groups is 2. The number of benzene rings is 1. The van der Waals surface area contributed by atoms with Gasteiger partial charge in [-0.3, -0.25) is 9.59 Å². The first-order chi connectivity index (χ1) is 19.5. The summed E-state index contributed by atoms with van der Waals surface area (Å²) in [4.78, 5) is 34.0. The second-order valence-corrected chi connectivity index (χ2v) is 9.45. The van der Waals surface area contributed by atoms with E-state index in [-0.39, 0.29) is 24.1 Å². The van der Waals surface area contributed by atoms with Gasteiger partial charge in [0, 0.05) is 44.8 Å². The van der Waals surface area contributed by atoms with Gasteiger partial charge >= 0.3 is 0 Å². The molecule has 0 saturated carbocycles. The number of ether oxygens (including phenoxy) is 2. The molecule has 1 aliphatic rings. The quantitative estimate of drug-likeness (QED) is 0.337. The highest BCUT2D eigenvalue weighted by molar-refractivity contribution is 5.94. The van der Waals surface area contributed by atoms with Gasteiger partial charge in [-0.05, 0) is 55.6 Å². The van der Waals surface area contributed by atoms with E-state index in [2.05, 4.69) is 33.8 Å². The summed E-state index contributed by atoms with van der Waals surface area (Å²) in [6.07, 6.45) is 1.47. The van der Waals surface area contributed by atoms with Crippen molar-refractivity contribution in [1.82, 2.24) is 24.9 Å². The lowest BCUT2D eigenvalue weighted by Crippen LogP contribution is -2.52. The number of hydrogen-bond acceptors (Lipinski definition) is 9. The number of amides is 2. The normalized spacial score (nSPS) is 13.4. The zero-order valence-electron chi connectivity index (χ0n) is 23.7. The highest BCUT2D eigenvalue weighted by atomic mass is 16.5. The van der Waals surface area contributed by atoms with Gasteiger partial charge in [0.1, 0.15) is 6.54 Å². The number of piperazine rings is 1. The third-order valence-corrected chi connectivity index (χ3v) is 7.21. The summed E-state index contributed by atoms with van der Waals surface area (Å²) in [6, 6.07) is 12.8. The molecule has 0 radical (unpaired) electrons. The van der Waals surface area contributed by atoms with Crippen molar-refractivity contribution in [3.63, 3.8) is 0 Å². The van der Waals surface area contributed by atoms with Crippen LogP contribution in [0.1, 0.15) is 24.4 Å². The zero-order valence-corrected chi connectivity index (χ0v) is 23.7. The third kappa shape index (κ3) is 6.90. The molecule has 0 spiro atoms. The van der Waals surface area contributed by atoms with Crippen molar-refractivity contribution >= 4 is 17.6 Å². The Morgan fingerprint density at radius 3 is 2.27 bits per heavy atom. The molecule has 0 unspecified atom stereocenters. The largest absolute Gasteiger partial charge is 0.493 e. The van der Waals surface area contributed by atoms with Crippen molar-refractivity contribution < 1.29 is 23.5 Å². The number of methoxy groups -OCH3 is 2. The van der Waals surface area contributed by atoms with E-state index in [9.17, 15) is 9.59 Å². The van der Waals surface area contributed by atoms with Crippen LogP contribution in [0.25, 0.3) is 11.3 Å². The van der Waals surface area contributed by atoms with Crippen LogP contribution in [0.5, 0.6) is 11.5 Å². The van der Waals surface area contributed by atoms with Crippen LogP contribution in [0, 0.1) is 0 Å². The maximum absolute atomic E-state index is 13.2. The van der Waals surface area contributed by atoms with Crippen LogP contribution in [0.2, 0.25) is 0 Å². The molecule has 2 amide bonds. The molecule has 1 saturated heterocycles. The summed E-state index contributed by atoms with van der Waals surface area (Å²) in [7, 11) is 3.20. The average Bonchev–Trinajstić information content (AvgIpc) is 3.55. The van der Waals surface area contributed by atoms with Gasteiger partial charge in [0.2, 0.25) is 5.91 Å². The van der Waals surface area contributed by atoms with Gasteiger partial charge in [0.15, 0.2) is 23.1 Å². The number of hydrogen-bond donors (Lipinski definition) is 0. The van der Waals surface area contributed by atoms with Crippen LogP contribution in [0.3, 0.4) is 0 Å². The lowest BCUT2D eigenvalue weighted by Gasteiger charge is -2.36. The minimum Gasteiger partial charge on any atom is -0.493 e. The van der Waals surface area contributed by atoms with Gasteiger partial charge in [0.05, 0.1) is 26.2 Å². The Morgan fingerprint density at radius 2 is 1.68 bits per heavy atom. The van der Waals surface area contributed by atoms with Crippen LogP contribution < -0.4 is 14.4 Å². The molecule has 40 heavy (non-hydrogen) atoms. The molecule has 4 rings (SSSR count). The molecule has 3 heterocycles. The predicted octanol–water partition coefficient (Wildman–Crippen LogP) is 2.89. The molecule has 214 valence electrons. The van der Waals surface area contributed by atoms with Gasteiger partial charge in [-0.15, -0.1) is 10.2 Å². The molecule has 0 aliphatic carbocycles.